The predicted octanol–water partition coefficient (Wildman–Crippen LogP) is 2.22. The second-order valence-electron chi connectivity index (χ2n) is 7.02. The van der Waals surface area contributed by atoms with Gasteiger partial charge in [0, 0.05) is 30.4 Å². The van der Waals surface area contributed by atoms with Gasteiger partial charge < -0.3 is 16.0 Å². The van der Waals surface area contributed by atoms with Crippen molar-refractivity contribution in [1.29, 1.82) is 0 Å². The monoisotopic (exact) mass is 385 g/mol. The van der Waals surface area contributed by atoms with Crippen LogP contribution in [0.25, 0.3) is 0 Å². The van der Waals surface area contributed by atoms with E-state index in [-0.39, 0.29) is 17.7 Å². The first kappa shape index (κ1) is 19.6. The summed E-state index contributed by atoms with van der Waals surface area (Å²) in [6.45, 7) is 1.87. The summed E-state index contributed by atoms with van der Waals surface area (Å²) < 4.78 is 0. The van der Waals surface area contributed by atoms with Crippen LogP contribution in [0.3, 0.4) is 0 Å². The summed E-state index contributed by atoms with van der Waals surface area (Å²) in [4.78, 5) is 28.0. The smallest absolute Gasteiger partial charge is 0.239 e. The fourth-order valence-electron chi connectivity index (χ4n) is 3.46. The normalized spacial score (nSPS) is 16.1. The molecule has 0 radical (unpaired) electrons. The van der Waals surface area contributed by atoms with Crippen LogP contribution in [0.5, 0.6) is 0 Å². The minimum absolute atomic E-state index is 0.0114. The number of carbonyl (C=O) groups is 2. The summed E-state index contributed by atoms with van der Waals surface area (Å²) in [5.41, 5.74) is 7.19. The Balaban J connectivity index is 1.39. The Labute approximate surface area is 164 Å². The van der Waals surface area contributed by atoms with E-state index in [2.05, 4.69) is 11.4 Å². The molecule has 1 atom stereocenters. The molecule has 0 saturated carbocycles. The van der Waals surface area contributed by atoms with Crippen molar-refractivity contribution in [3.63, 3.8) is 0 Å². The third-order valence-corrected chi connectivity index (χ3v) is 5.98. The van der Waals surface area contributed by atoms with Gasteiger partial charge in [-0.1, -0.05) is 36.4 Å². The van der Waals surface area contributed by atoms with Crippen molar-refractivity contribution in [2.75, 3.05) is 19.6 Å². The maximum absolute atomic E-state index is 12.6. The number of likely N-dealkylation sites (tertiary alicyclic amines) is 1. The molecule has 2 amide bonds. The summed E-state index contributed by atoms with van der Waals surface area (Å²) in [6, 6.07) is 13.4. The van der Waals surface area contributed by atoms with Crippen LogP contribution in [0.15, 0.2) is 47.8 Å². The molecular formula is C21H27N3O2S. The van der Waals surface area contributed by atoms with Gasteiger partial charge >= 0.3 is 0 Å². The first-order valence-electron chi connectivity index (χ1n) is 9.52. The molecule has 0 spiro atoms. The molecule has 3 N–H and O–H groups in total. The fourth-order valence-corrected chi connectivity index (χ4v) is 4.17. The van der Waals surface area contributed by atoms with E-state index in [1.807, 2.05) is 46.7 Å². The number of nitrogens with one attached hydrogen (secondary N) is 1. The topological polar surface area (TPSA) is 75.4 Å². The van der Waals surface area contributed by atoms with Crippen LogP contribution in [0, 0.1) is 5.92 Å². The van der Waals surface area contributed by atoms with E-state index in [0.29, 0.717) is 38.9 Å². The van der Waals surface area contributed by atoms with E-state index in [4.69, 9.17) is 5.73 Å². The second kappa shape index (κ2) is 9.67. The van der Waals surface area contributed by atoms with Crippen LogP contribution in [-0.2, 0) is 22.4 Å². The highest BCUT2D eigenvalue weighted by Crippen LogP contribution is 2.18. The van der Waals surface area contributed by atoms with Gasteiger partial charge in [0.1, 0.15) is 0 Å². The number of hydrogen-bond acceptors (Lipinski definition) is 4. The third-order valence-electron chi connectivity index (χ3n) is 5.04. The molecule has 0 aliphatic carbocycles. The molecule has 2 aromatic rings. The standard InChI is InChI=1S/C21H27N3O2S/c22-19(15-16-5-2-1-3-6-16)21(26)24-12-9-17(10-13-24)20(25)23-11-8-18-7-4-14-27-18/h1-7,14,17,19H,8-13,15,22H2,(H,23,25)/t19-/m0/s1. The van der Waals surface area contributed by atoms with Crippen LogP contribution in [0.4, 0.5) is 0 Å². The summed E-state index contributed by atoms with van der Waals surface area (Å²) in [7, 11) is 0. The number of benzene rings is 1. The molecule has 3 rings (SSSR count). The lowest BCUT2D eigenvalue weighted by Gasteiger charge is -2.33. The lowest BCUT2D eigenvalue weighted by atomic mass is 9.95. The quantitative estimate of drug-likeness (QED) is 0.767. The first-order valence-corrected chi connectivity index (χ1v) is 10.4. The van der Waals surface area contributed by atoms with Crippen LogP contribution in [0.2, 0.25) is 0 Å². The molecule has 1 aliphatic heterocycles. The SMILES string of the molecule is N[C@@H](Cc1ccccc1)C(=O)N1CCC(C(=O)NCCc2cccs2)CC1. The van der Waals surface area contributed by atoms with Crippen LogP contribution < -0.4 is 11.1 Å². The van der Waals surface area contributed by atoms with Gasteiger partial charge in [0.2, 0.25) is 11.8 Å². The second-order valence-corrected chi connectivity index (χ2v) is 8.05. The lowest BCUT2D eigenvalue weighted by Crippen LogP contribution is -2.49. The summed E-state index contributed by atoms with van der Waals surface area (Å²) in [5.74, 6) is 0.0744. The molecular weight excluding hydrogens is 358 g/mol. The van der Waals surface area contributed by atoms with Crippen molar-refractivity contribution in [3.05, 3.63) is 58.3 Å². The minimum atomic E-state index is -0.524. The Morgan fingerprint density at radius 2 is 1.89 bits per heavy atom. The minimum Gasteiger partial charge on any atom is -0.355 e. The summed E-state index contributed by atoms with van der Waals surface area (Å²) in [5, 5.41) is 5.08. The predicted molar refractivity (Wildman–Crippen MR) is 108 cm³/mol. The number of nitrogens with zero attached hydrogens (tertiary/aromatic N) is 1. The Kier molecular flexibility index (Phi) is 7.01. The molecule has 1 saturated heterocycles. The zero-order valence-electron chi connectivity index (χ0n) is 15.5. The molecule has 6 heteroatoms. The van der Waals surface area contributed by atoms with Crippen molar-refractivity contribution < 1.29 is 9.59 Å². The van der Waals surface area contributed by atoms with E-state index in [1.165, 1.54) is 4.88 Å². The van der Waals surface area contributed by atoms with Crippen molar-refractivity contribution >= 4 is 23.2 Å². The molecule has 1 aromatic heterocycles. The fraction of sp³-hybridized carbons (Fsp3) is 0.429. The third kappa shape index (κ3) is 5.65. The Hall–Kier alpha value is -2.18. The van der Waals surface area contributed by atoms with E-state index in [0.717, 1.165) is 12.0 Å². The Morgan fingerprint density at radius 1 is 1.15 bits per heavy atom. The number of nitrogens with two attached hydrogens (primary N) is 1. The van der Waals surface area contributed by atoms with Crippen molar-refractivity contribution in [2.45, 2.75) is 31.7 Å². The molecule has 1 aliphatic rings. The Bertz CT molecular complexity index is 725. The van der Waals surface area contributed by atoms with E-state index < -0.39 is 6.04 Å². The molecule has 27 heavy (non-hydrogen) atoms. The molecule has 5 nitrogen and oxygen atoms in total. The summed E-state index contributed by atoms with van der Waals surface area (Å²) >= 11 is 1.71. The van der Waals surface area contributed by atoms with Gasteiger partial charge in [-0.05, 0) is 42.7 Å². The highest BCUT2D eigenvalue weighted by molar-refractivity contribution is 7.09. The number of amides is 2. The van der Waals surface area contributed by atoms with Gasteiger partial charge in [0.15, 0.2) is 0 Å². The van der Waals surface area contributed by atoms with Gasteiger partial charge in [0.25, 0.3) is 0 Å². The molecule has 1 aromatic carbocycles. The van der Waals surface area contributed by atoms with Crippen LogP contribution in [0.1, 0.15) is 23.3 Å². The largest absolute Gasteiger partial charge is 0.355 e. The maximum atomic E-state index is 12.6. The van der Waals surface area contributed by atoms with Gasteiger partial charge in [-0.15, -0.1) is 11.3 Å². The number of hydrogen-bond donors (Lipinski definition) is 2. The zero-order chi connectivity index (χ0) is 19.1. The average molecular weight is 386 g/mol. The maximum Gasteiger partial charge on any atom is 0.239 e. The lowest BCUT2D eigenvalue weighted by molar-refractivity contribution is -0.136. The van der Waals surface area contributed by atoms with Crippen LogP contribution in [-0.4, -0.2) is 42.4 Å². The zero-order valence-corrected chi connectivity index (χ0v) is 16.3. The molecule has 0 bridgehead atoms. The van der Waals surface area contributed by atoms with Gasteiger partial charge in [-0.25, -0.2) is 0 Å². The number of rotatable bonds is 7. The van der Waals surface area contributed by atoms with Crippen molar-refractivity contribution in [3.8, 4) is 0 Å². The highest BCUT2D eigenvalue weighted by Gasteiger charge is 2.29. The van der Waals surface area contributed by atoms with Gasteiger partial charge in [-0.3, -0.25) is 9.59 Å². The first-order chi connectivity index (χ1) is 13.1. The molecule has 1 fully saturated rings. The highest BCUT2D eigenvalue weighted by atomic mass is 32.1. The Morgan fingerprint density at radius 3 is 2.56 bits per heavy atom. The van der Waals surface area contributed by atoms with E-state index >= 15 is 0 Å². The van der Waals surface area contributed by atoms with Crippen molar-refractivity contribution in [1.82, 2.24) is 10.2 Å². The van der Waals surface area contributed by atoms with E-state index in [9.17, 15) is 9.59 Å². The van der Waals surface area contributed by atoms with Gasteiger partial charge in [0.05, 0.1) is 6.04 Å². The van der Waals surface area contributed by atoms with Crippen LogP contribution >= 0.6 is 11.3 Å². The number of thiophene rings is 1. The molecule has 2 heterocycles. The molecule has 144 valence electrons. The average Bonchev–Trinajstić information content (AvgIpc) is 3.21. The van der Waals surface area contributed by atoms with E-state index in [1.54, 1.807) is 11.3 Å². The van der Waals surface area contributed by atoms with Crippen molar-refractivity contribution in [2.24, 2.45) is 11.7 Å². The summed E-state index contributed by atoms with van der Waals surface area (Å²) in [6.07, 6.45) is 2.82. The molecule has 0 unspecified atom stereocenters. The number of carbonyl (C=O) groups excluding carboxylic acids is 2. The number of piperidine rings is 1. The van der Waals surface area contributed by atoms with Gasteiger partial charge in [-0.2, -0.15) is 0 Å².